The molecule has 0 unspecified atom stereocenters. The van der Waals surface area contributed by atoms with E-state index in [1.54, 1.807) is 0 Å². The zero-order valence-corrected chi connectivity index (χ0v) is 21.6. The van der Waals surface area contributed by atoms with Crippen LogP contribution in [0.4, 0.5) is 0 Å². The van der Waals surface area contributed by atoms with Crippen molar-refractivity contribution in [3.63, 3.8) is 0 Å². The lowest BCUT2D eigenvalue weighted by Crippen LogP contribution is -2.29. The van der Waals surface area contributed by atoms with Crippen molar-refractivity contribution in [3.05, 3.63) is 0 Å². The van der Waals surface area contributed by atoms with Crippen molar-refractivity contribution in [2.24, 2.45) is 0 Å². The molecule has 0 radical (unpaired) electrons. The van der Waals surface area contributed by atoms with Gasteiger partial charge < -0.3 is 19.7 Å². The fraction of sp³-hybridized carbons (Fsp3) is 0.923. The molecule has 0 aromatic heterocycles. The molecule has 1 saturated heterocycles. The molecule has 0 aliphatic carbocycles. The third-order valence-corrected chi connectivity index (χ3v) is 5.57. The Labute approximate surface area is 207 Å². The normalized spacial score (nSPS) is 13.4. The number of unbranched alkanes of at least 4 members (excludes halogenated alkanes) is 13. The number of hydrogen-bond donors (Lipinski definition) is 2. The third kappa shape index (κ3) is 21.5. The largest absolute Gasteiger partial charge is 0.394 e. The van der Waals surface area contributed by atoms with Crippen LogP contribution in [0.5, 0.6) is 0 Å². The van der Waals surface area contributed by atoms with E-state index in [4.69, 9.17) is 24.5 Å². The first-order valence-electron chi connectivity index (χ1n) is 13.5. The number of rotatable bonds is 23. The van der Waals surface area contributed by atoms with Crippen molar-refractivity contribution in [2.75, 3.05) is 46.2 Å². The monoisotopic (exact) mass is 489 g/mol. The van der Waals surface area contributed by atoms with E-state index in [-0.39, 0.29) is 25.0 Å². The molecule has 0 spiro atoms. The molecule has 1 heterocycles. The van der Waals surface area contributed by atoms with E-state index >= 15 is 0 Å². The standard InChI is InChI=1S/C20H37NO3.C6H14O4/c1-2-3-4-5-6-7-8-9-10-11-12-13-14-15-18-24-21-19(22)16-17-20(21)23;7-1-3-9-5-6-10-4-2-8/h2-18H2,1H3;7-8H,1-6H2. The Morgan fingerprint density at radius 2 is 0.971 bits per heavy atom. The van der Waals surface area contributed by atoms with Gasteiger partial charge in [0, 0.05) is 12.8 Å². The van der Waals surface area contributed by atoms with Gasteiger partial charge in [0.05, 0.1) is 46.2 Å². The Morgan fingerprint density at radius 3 is 1.35 bits per heavy atom. The second-order valence-electron chi connectivity index (χ2n) is 8.68. The van der Waals surface area contributed by atoms with Gasteiger partial charge in [-0.2, -0.15) is 5.06 Å². The number of aliphatic hydroxyl groups excluding tert-OH is 2. The predicted molar refractivity (Wildman–Crippen MR) is 133 cm³/mol. The van der Waals surface area contributed by atoms with Gasteiger partial charge >= 0.3 is 0 Å². The van der Waals surface area contributed by atoms with Crippen LogP contribution in [-0.2, 0) is 23.9 Å². The first kappa shape index (κ1) is 32.9. The number of amides is 2. The molecule has 34 heavy (non-hydrogen) atoms. The molecule has 202 valence electrons. The Morgan fingerprint density at radius 1 is 0.588 bits per heavy atom. The van der Waals surface area contributed by atoms with Crippen LogP contribution in [0.25, 0.3) is 0 Å². The average molecular weight is 490 g/mol. The Hall–Kier alpha value is -1.06. The van der Waals surface area contributed by atoms with Crippen LogP contribution in [0.2, 0.25) is 0 Å². The third-order valence-electron chi connectivity index (χ3n) is 5.57. The van der Waals surface area contributed by atoms with Crippen LogP contribution >= 0.6 is 0 Å². The van der Waals surface area contributed by atoms with E-state index < -0.39 is 0 Å². The number of imide groups is 1. The SMILES string of the molecule is CCCCCCCCCCCCCCCCON1C(=O)CCC1=O.OCCOCCOCCO. The van der Waals surface area contributed by atoms with Crippen LogP contribution in [0.1, 0.15) is 110 Å². The lowest BCUT2D eigenvalue weighted by molar-refractivity contribution is -0.187. The quantitative estimate of drug-likeness (QED) is 0.160. The molecular weight excluding hydrogens is 438 g/mol. The summed E-state index contributed by atoms with van der Waals surface area (Å²) in [5, 5.41) is 17.5. The maximum absolute atomic E-state index is 11.3. The molecule has 1 fully saturated rings. The second kappa shape index (κ2) is 26.5. The Bertz CT molecular complexity index is 438. The highest BCUT2D eigenvalue weighted by atomic mass is 16.7. The zero-order chi connectivity index (χ0) is 25.1. The highest BCUT2D eigenvalue weighted by Crippen LogP contribution is 2.14. The number of nitrogens with zero attached hydrogens (tertiary/aromatic N) is 1. The maximum Gasteiger partial charge on any atom is 0.253 e. The minimum Gasteiger partial charge on any atom is -0.394 e. The summed E-state index contributed by atoms with van der Waals surface area (Å²) >= 11 is 0. The number of carbonyl (C=O) groups is 2. The summed E-state index contributed by atoms with van der Waals surface area (Å²) in [6, 6.07) is 0. The maximum atomic E-state index is 11.3. The van der Waals surface area contributed by atoms with Crippen molar-refractivity contribution in [2.45, 2.75) is 110 Å². The lowest BCUT2D eigenvalue weighted by atomic mass is 10.0. The van der Waals surface area contributed by atoms with E-state index in [9.17, 15) is 9.59 Å². The van der Waals surface area contributed by atoms with Crippen LogP contribution in [0.15, 0.2) is 0 Å². The summed E-state index contributed by atoms with van der Waals surface area (Å²) in [4.78, 5) is 28.0. The average Bonchev–Trinajstić information content (AvgIpc) is 3.16. The highest BCUT2D eigenvalue weighted by molar-refractivity contribution is 6.00. The van der Waals surface area contributed by atoms with Crippen LogP contribution in [-0.4, -0.2) is 73.3 Å². The van der Waals surface area contributed by atoms with Crippen LogP contribution in [0.3, 0.4) is 0 Å². The highest BCUT2D eigenvalue weighted by Gasteiger charge is 2.29. The minimum absolute atomic E-state index is 0.0417. The predicted octanol–water partition coefficient (Wildman–Crippen LogP) is 4.55. The van der Waals surface area contributed by atoms with Gasteiger partial charge in [0.25, 0.3) is 11.8 Å². The Kier molecular flexibility index (Phi) is 25.7. The van der Waals surface area contributed by atoms with Gasteiger partial charge in [0.15, 0.2) is 0 Å². The second-order valence-corrected chi connectivity index (χ2v) is 8.68. The number of carbonyl (C=O) groups excluding carboxylic acids is 2. The molecule has 0 saturated carbocycles. The van der Waals surface area contributed by atoms with Gasteiger partial charge in [0.1, 0.15) is 0 Å². The fourth-order valence-corrected chi connectivity index (χ4v) is 3.60. The van der Waals surface area contributed by atoms with Crippen molar-refractivity contribution >= 4 is 11.8 Å². The summed E-state index contributed by atoms with van der Waals surface area (Å²) < 4.78 is 9.75. The molecule has 8 nitrogen and oxygen atoms in total. The molecule has 1 aliphatic heterocycles. The molecule has 0 bridgehead atoms. The zero-order valence-electron chi connectivity index (χ0n) is 21.6. The van der Waals surface area contributed by atoms with E-state index in [0.717, 1.165) is 17.9 Å². The van der Waals surface area contributed by atoms with Crippen molar-refractivity contribution in [1.29, 1.82) is 0 Å². The molecule has 1 aliphatic rings. The summed E-state index contributed by atoms with van der Waals surface area (Å²) in [5.74, 6) is -0.379. The van der Waals surface area contributed by atoms with Crippen molar-refractivity contribution < 1.29 is 34.1 Å². The number of hydrogen-bond acceptors (Lipinski definition) is 7. The first-order valence-corrected chi connectivity index (χ1v) is 13.5. The topological polar surface area (TPSA) is 106 Å². The van der Waals surface area contributed by atoms with E-state index in [1.807, 2.05) is 0 Å². The number of aliphatic hydroxyl groups is 2. The summed E-state index contributed by atoms with van der Waals surface area (Å²) in [6.45, 7) is 4.48. The van der Waals surface area contributed by atoms with Gasteiger partial charge in [-0.3, -0.25) is 14.4 Å². The molecule has 0 aromatic rings. The van der Waals surface area contributed by atoms with Gasteiger partial charge in [-0.15, -0.1) is 0 Å². The molecule has 8 heteroatoms. The molecule has 2 amide bonds. The number of ether oxygens (including phenoxy) is 2. The molecular formula is C26H51NO7. The summed E-state index contributed by atoms with van der Waals surface area (Å²) in [6.07, 6.45) is 19.0. The fourth-order valence-electron chi connectivity index (χ4n) is 3.60. The molecule has 0 atom stereocenters. The lowest BCUT2D eigenvalue weighted by Gasteiger charge is -2.12. The van der Waals surface area contributed by atoms with Crippen molar-refractivity contribution in [1.82, 2.24) is 5.06 Å². The molecule has 2 N–H and O–H groups in total. The molecule has 0 aromatic carbocycles. The minimum atomic E-state index is -0.189. The smallest absolute Gasteiger partial charge is 0.253 e. The summed E-state index contributed by atoms with van der Waals surface area (Å²) in [7, 11) is 0. The van der Waals surface area contributed by atoms with Gasteiger partial charge in [-0.1, -0.05) is 90.4 Å². The van der Waals surface area contributed by atoms with Crippen molar-refractivity contribution in [3.8, 4) is 0 Å². The van der Waals surface area contributed by atoms with Gasteiger partial charge in [-0.25, -0.2) is 0 Å². The Balaban J connectivity index is 0.000000916. The van der Waals surface area contributed by atoms with Crippen LogP contribution < -0.4 is 0 Å². The first-order chi connectivity index (χ1) is 16.7. The van der Waals surface area contributed by atoms with Gasteiger partial charge in [-0.05, 0) is 6.42 Å². The van der Waals surface area contributed by atoms with Gasteiger partial charge in [0.2, 0.25) is 0 Å². The van der Waals surface area contributed by atoms with E-state index in [1.165, 1.54) is 77.0 Å². The van der Waals surface area contributed by atoms with E-state index in [2.05, 4.69) is 6.92 Å². The van der Waals surface area contributed by atoms with E-state index in [0.29, 0.717) is 45.9 Å². The van der Waals surface area contributed by atoms with Crippen LogP contribution in [0, 0.1) is 0 Å². The number of hydroxylamine groups is 2. The summed E-state index contributed by atoms with van der Waals surface area (Å²) in [5.41, 5.74) is 0. The molecule has 1 rings (SSSR count).